The topological polar surface area (TPSA) is 13.1 Å². The van der Waals surface area contributed by atoms with Crippen LogP contribution in [0.5, 0.6) is 0 Å². The van der Waals surface area contributed by atoms with Crippen LogP contribution in [0, 0.1) is 0 Å². The van der Waals surface area contributed by atoms with Gasteiger partial charge in [-0.05, 0) is 84.2 Å². The normalized spacial score (nSPS) is 23.7. The summed E-state index contributed by atoms with van der Waals surface area (Å²) in [5.74, 6) is 0. The lowest BCUT2D eigenvalue weighted by Crippen LogP contribution is -2.16. The van der Waals surface area contributed by atoms with Gasteiger partial charge in [-0.15, -0.1) is 0 Å². The van der Waals surface area contributed by atoms with E-state index in [9.17, 15) is 11.0 Å². The number of fused-ring (bicyclic) bond motifs is 8. The van der Waals surface area contributed by atoms with Gasteiger partial charge in [-0.25, -0.2) is 0 Å². The zero-order valence-corrected chi connectivity index (χ0v) is 20.9. The van der Waals surface area contributed by atoms with Crippen molar-refractivity contribution in [2.24, 2.45) is 0 Å². The molecule has 1 aromatic heterocycles. The molecule has 0 N–H and O–H groups in total. The summed E-state index contributed by atoms with van der Waals surface area (Å²) in [6, 6.07) is -22.6. The van der Waals surface area contributed by atoms with Crippen molar-refractivity contribution in [3.63, 3.8) is 0 Å². The predicted octanol–water partition coefficient (Wildman–Crippen LogP) is 11.5. The molecule has 42 heavy (non-hydrogen) atoms. The standard InChI is InChI=1S/C41H28O/c1-41(2)35-20-9-7-12-26(35)32-18-11-19-33(40(32)41)39-30-16-5-3-14-28(30)38(29-15-4-6-17-31(29)39)25-22-23-37-34(24-25)27-13-8-10-21-36(27)42-37/h3-24H,1-2H3/i1D3,2D3,3D,4D,5D,6D,7D,8D,9D,10D,11D,12D,13D,14D,15D,16D,17D,18D,19D,20D,21D,22D,23D,24D. The molecular weight excluding hydrogens is 508 g/mol. The van der Waals surface area contributed by atoms with Crippen molar-refractivity contribution in [1.82, 2.24) is 0 Å². The molecule has 0 fully saturated rings. The number of hydrogen-bond donors (Lipinski definition) is 0. The van der Waals surface area contributed by atoms with E-state index in [0.717, 1.165) is 0 Å². The summed E-state index contributed by atoms with van der Waals surface area (Å²) in [5.41, 5.74) is -12.6. The van der Waals surface area contributed by atoms with Crippen LogP contribution in [0.2, 0.25) is 0 Å². The van der Waals surface area contributed by atoms with Crippen LogP contribution in [-0.4, -0.2) is 0 Å². The van der Waals surface area contributed by atoms with Gasteiger partial charge in [0.2, 0.25) is 0 Å². The number of rotatable bonds is 2. The number of furan rings is 1. The highest BCUT2D eigenvalue weighted by Crippen LogP contribution is 2.54. The first kappa shape index (κ1) is 8.93. The smallest absolute Gasteiger partial charge is 0.135 e. The molecule has 0 atom stereocenters. The number of para-hydroxylation sites is 1. The van der Waals surface area contributed by atoms with Crippen LogP contribution in [0.3, 0.4) is 0 Å². The number of benzene rings is 7. The Hall–Kier alpha value is -5.14. The van der Waals surface area contributed by atoms with Gasteiger partial charge < -0.3 is 4.42 Å². The second-order valence-corrected chi connectivity index (χ2v) is 9.51. The van der Waals surface area contributed by atoms with Crippen LogP contribution in [0.25, 0.3) is 76.9 Å². The Kier molecular flexibility index (Phi) is 1.79. The van der Waals surface area contributed by atoms with Crippen LogP contribution in [0.1, 0.15) is 63.2 Å². The van der Waals surface area contributed by atoms with E-state index in [1.54, 1.807) is 0 Å². The molecule has 8 aromatic rings. The van der Waals surface area contributed by atoms with Gasteiger partial charge in [0.05, 0.1) is 30.2 Å². The molecule has 0 unspecified atom stereocenters. The Morgan fingerprint density at radius 2 is 1.07 bits per heavy atom. The minimum Gasteiger partial charge on any atom is -0.456 e. The van der Waals surface area contributed by atoms with Gasteiger partial charge in [0.1, 0.15) is 11.2 Å². The van der Waals surface area contributed by atoms with Crippen molar-refractivity contribution < 1.29 is 42.8 Å². The van der Waals surface area contributed by atoms with Crippen LogP contribution in [0.15, 0.2) is 137 Å². The molecule has 7 aromatic carbocycles. The molecule has 1 heterocycles. The van der Waals surface area contributed by atoms with Crippen molar-refractivity contribution in [2.75, 3.05) is 0 Å². The molecule has 0 spiro atoms. The minimum absolute atomic E-state index is 0.470. The average molecular weight is 565 g/mol. The molecule has 0 amide bonds. The molecule has 0 bridgehead atoms. The van der Waals surface area contributed by atoms with E-state index in [1.165, 1.54) is 0 Å². The maximum atomic E-state index is 9.67. The van der Waals surface area contributed by atoms with Crippen molar-refractivity contribution in [1.29, 1.82) is 0 Å². The average Bonchev–Trinajstić information content (AvgIpc) is 3.86. The Morgan fingerprint density at radius 3 is 1.81 bits per heavy atom. The van der Waals surface area contributed by atoms with E-state index in [-0.39, 0.29) is 0 Å². The van der Waals surface area contributed by atoms with Gasteiger partial charge in [0.15, 0.2) is 0 Å². The molecule has 1 nitrogen and oxygen atoms in total. The molecule has 0 radical (unpaired) electrons. The second-order valence-electron chi connectivity index (χ2n) is 9.51. The summed E-state index contributed by atoms with van der Waals surface area (Å²) in [6.07, 6.45) is 0. The molecular formula is C41H28O. The van der Waals surface area contributed by atoms with E-state index < -0.39 is 240 Å². The molecule has 1 heteroatoms. The van der Waals surface area contributed by atoms with Gasteiger partial charge in [-0.2, -0.15) is 0 Å². The third-order valence-corrected chi connectivity index (χ3v) is 7.32. The van der Waals surface area contributed by atoms with E-state index in [0.29, 0.717) is 0 Å². The molecule has 0 saturated heterocycles. The third kappa shape index (κ3) is 3.08. The molecule has 1 aliphatic rings. The molecule has 198 valence electrons. The summed E-state index contributed by atoms with van der Waals surface area (Å²) in [7, 11) is 0. The first-order valence-electron chi connectivity index (χ1n) is 26.4. The Balaban J connectivity index is 1.69. The van der Waals surface area contributed by atoms with Crippen molar-refractivity contribution in [3.8, 4) is 33.4 Å². The molecule has 0 saturated carbocycles. The zero-order valence-electron chi connectivity index (χ0n) is 48.9. The van der Waals surface area contributed by atoms with E-state index in [4.69, 9.17) is 31.8 Å². The highest BCUT2D eigenvalue weighted by atomic mass is 16.3. The summed E-state index contributed by atoms with van der Waals surface area (Å²) < 4.78 is 258. The first-order chi connectivity index (χ1) is 32.3. The Bertz CT molecular complexity index is 3730. The van der Waals surface area contributed by atoms with Crippen LogP contribution < -0.4 is 0 Å². The van der Waals surface area contributed by atoms with Crippen molar-refractivity contribution in [3.05, 3.63) is 144 Å². The first-order valence-corrected chi connectivity index (χ1v) is 12.4. The van der Waals surface area contributed by atoms with Gasteiger partial charge in [-0.3, -0.25) is 0 Å². The van der Waals surface area contributed by atoms with Gasteiger partial charge in [0, 0.05) is 24.4 Å². The number of hydrogen-bond acceptors (Lipinski definition) is 1. The van der Waals surface area contributed by atoms with Gasteiger partial charge in [-0.1, -0.05) is 129 Å². The summed E-state index contributed by atoms with van der Waals surface area (Å²) >= 11 is 0. The van der Waals surface area contributed by atoms with Crippen LogP contribution >= 0.6 is 0 Å². The SMILES string of the molecule is [2H]c1c([2H])c([2H])c2c(c1[2H])-c1c([2H])c([2H])c([2H])c(-c3c4c([2H])c([2H])c([2H])c([2H])c4c(-c4c([2H])c([2H])c5oc6c([2H])c([2H])c([2H])c([2H])c6c5c4[2H])c4c([2H])c([2H])c([2H])c([2H])c34)c1C2(C([2H])([2H])[2H])C([2H])([2H])[2H]. The fraction of sp³-hybridized carbons (Fsp3) is 0.0732. The van der Waals surface area contributed by atoms with E-state index in [1.807, 2.05) is 0 Å². The van der Waals surface area contributed by atoms with Crippen molar-refractivity contribution in [2.45, 2.75) is 19.1 Å². The predicted molar refractivity (Wildman–Crippen MR) is 177 cm³/mol. The quantitative estimate of drug-likeness (QED) is 0.190. The Labute approximate surface area is 284 Å². The highest BCUT2D eigenvalue weighted by molar-refractivity contribution is 6.22. The van der Waals surface area contributed by atoms with E-state index in [2.05, 4.69) is 0 Å². The summed E-state index contributed by atoms with van der Waals surface area (Å²) in [4.78, 5) is 0. The third-order valence-electron chi connectivity index (χ3n) is 7.32. The van der Waals surface area contributed by atoms with Crippen molar-refractivity contribution >= 4 is 43.5 Å². The highest BCUT2D eigenvalue weighted by Gasteiger charge is 2.37. The van der Waals surface area contributed by atoms with Gasteiger partial charge >= 0.3 is 0 Å². The molecule has 9 rings (SSSR count). The maximum Gasteiger partial charge on any atom is 0.135 e. The Morgan fingerprint density at radius 1 is 0.500 bits per heavy atom. The maximum absolute atomic E-state index is 9.67. The fourth-order valence-corrected chi connectivity index (χ4v) is 5.62. The lowest BCUT2D eigenvalue weighted by Gasteiger charge is -2.26. The van der Waals surface area contributed by atoms with Gasteiger partial charge in [0.25, 0.3) is 0 Å². The fourth-order valence-electron chi connectivity index (χ4n) is 5.62. The summed E-state index contributed by atoms with van der Waals surface area (Å²) in [6.45, 7) is -7.94. The van der Waals surface area contributed by atoms with E-state index >= 15 is 0 Å². The molecule has 0 aliphatic heterocycles. The van der Waals surface area contributed by atoms with Crippen LogP contribution in [-0.2, 0) is 5.41 Å². The lowest BCUT2D eigenvalue weighted by molar-refractivity contribution is 0.662. The molecule has 1 aliphatic carbocycles. The monoisotopic (exact) mass is 564 g/mol. The summed E-state index contributed by atoms with van der Waals surface area (Å²) in [5, 5.41) is -4.51. The minimum atomic E-state index is -3.97. The largest absolute Gasteiger partial charge is 0.456 e. The second kappa shape index (κ2) is 8.44. The van der Waals surface area contributed by atoms with Crippen LogP contribution in [0.4, 0.5) is 0 Å². The zero-order chi connectivity index (χ0) is 52.1. The lowest BCUT2D eigenvalue weighted by atomic mass is 9.77.